The van der Waals surface area contributed by atoms with Crippen molar-refractivity contribution in [3.05, 3.63) is 0 Å². The van der Waals surface area contributed by atoms with Crippen LogP contribution in [0.5, 0.6) is 0 Å². The van der Waals surface area contributed by atoms with Crippen LogP contribution in [0.1, 0.15) is 155 Å². The lowest BCUT2D eigenvalue weighted by Gasteiger charge is -2.18. The zero-order valence-corrected chi connectivity index (χ0v) is 28.4. The number of nitrogens with one attached hydrogen (secondary N) is 1. The zero-order valence-electron chi connectivity index (χ0n) is 27.5. The number of ether oxygens (including phenoxy) is 1. The van der Waals surface area contributed by atoms with E-state index in [4.69, 9.17) is 13.8 Å². The van der Waals surface area contributed by atoms with Crippen LogP contribution in [0.15, 0.2) is 0 Å². The number of phosphoric ester groups is 1. The topological polar surface area (TPSA) is 169 Å². The van der Waals surface area contributed by atoms with E-state index < -0.39 is 57.6 Å². The standard InChI is InChI=1S/C32H62NO10P/c1-3-5-7-9-11-13-14-16-18-20-22-24-31(36)41-25-28(34)26-42-44(39,40)43-27-29(32(37)38)33-30(35)23-21-19-17-15-12-10-8-6-4-2/h28-29,34H,3-27H2,1-2H3,(H,33,35)(H,37,38)(H,39,40). The van der Waals surface area contributed by atoms with Gasteiger partial charge < -0.3 is 25.2 Å². The summed E-state index contributed by atoms with van der Waals surface area (Å²) < 4.78 is 26.6. The van der Waals surface area contributed by atoms with Crippen molar-refractivity contribution in [2.24, 2.45) is 0 Å². The summed E-state index contributed by atoms with van der Waals surface area (Å²) in [6.07, 6.45) is 21.5. The van der Waals surface area contributed by atoms with E-state index >= 15 is 0 Å². The Labute approximate surface area is 265 Å². The summed E-state index contributed by atoms with van der Waals surface area (Å²) >= 11 is 0. The molecule has 0 aliphatic rings. The Morgan fingerprint density at radius 2 is 1.05 bits per heavy atom. The Morgan fingerprint density at radius 1 is 0.636 bits per heavy atom. The Morgan fingerprint density at radius 3 is 1.50 bits per heavy atom. The van der Waals surface area contributed by atoms with Crippen molar-refractivity contribution in [2.75, 3.05) is 19.8 Å². The van der Waals surface area contributed by atoms with Crippen LogP contribution in [0.2, 0.25) is 0 Å². The third kappa shape index (κ3) is 28.0. The van der Waals surface area contributed by atoms with Gasteiger partial charge in [-0.15, -0.1) is 0 Å². The van der Waals surface area contributed by atoms with Crippen molar-refractivity contribution in [3.8, 4) is 0 Å². The first-order valence-corrected chi connectivity index (χ1v) is 18.6. The highest BCUT2D eigenvalue weighted by Gasteiger charge is 2.28. The van der Waals surface area contributed by atoms with Crippen LogP contribution in [0.3, 0.4) is 0 Å². The Kier molecular flexibility index (Phi) is 27.9. The van der Waals surface area contributed by atoms with Crippen LogP contribution in [-0.2, 0) is 32.7 Å². The van der Waals surface area contributed by atoms with Crippen LogP contribution in [0.25, 0.3) is 0 Å². The molecule has 1 amide bonds. The molecule has 0 aromatic rings. The van der Waals surface area contributed by atoms with Crippen molar-refractivity contribution in [1.29, 1.82) is 0 Å². The van der Waals surface area contributed by atoms with E-state index in [1.54, 1.807) is 0 Å². The molecule has 0 radical (unpaired) electrons. The molecule has 0 aliphatic heterocycles. The second-order valence-electron chi connectivity index (χ2n) is 11.7. The minimum atomic E-state index is -4.73. The maximum Gasteiger partial charge on any atom is 0.472 e. The lowest BCUT2D eigenvalue weighted by Crippen LogP contribution is -2.43. The van der Waals surface area contributed by atoms with Gasteiger partial charge in [-0.2, -0.15) is 0 Å². The molecule has 4 N–H and O–H groups in total. The molecule has 0 saturated carbocycles. The summed E-state index contributed by atoms with van der Waals surface area (Å²) in [7, 11) is -4.73. The minimum absolute atomic E-state index is 0.150. The van der Waals surface area contributed by atoms with Crippen molar-refractivity contribution in [1.82, 2.24) is 5.32 Å². The van der Waals surface area contributed by atoms with E-state index in [0.717, 1.165) is 38.5 Å². The highest BCUT2D eigenvalue weighted by atomic mass is 31.2. The third-order valence-electron chi connectivity index (χ3n) is 7.40. The first-order valence-electron chi connectivity index (χ1n) is 17.1. The van der Waals surface area contributed by atoms with E-state index in [-0.39, 0.29) is 12.8 Å². The summed E-state index contributed by atoms with van der Waals surface area (Å²) in [5.74, 6) is -2.37. The SMILES string of the molecule is CCCCCCCCCCCCCC(=O)OCC(O)COP(=O)(O)OCC(NC(=O)CCCCCCCCCCC)C(=O)O. The second kappa shape index (κ2) is 28.9. The number of aliphatic carboxylic acids is 1. The molecule has 0 bridgehead atoms. The fraction of sp³-hybridized carbons (Fsp3) is 0.906. The first-order chi connectivity index (χ1) is 21.1. The molecular weight excluding hydrogens is 589 g/mol. The van der Waals surface area contributed by atoms with Crippen molar-refractivity contribution < 1.29 is 47.8 Å². The number of carbonyl (C=O) groups excluding carboxylic acids is 2. The third-order valence-corrected chi connectivity index (χ3v) is 8.35. The Hall–Kier alpha value is -1.52. The number of hydrogen-bond acceptors (Lipinski definition) is 8. The summed E-state index contributed by atoms with van der Waals surface area (Å²) in [4.78, 5) is 45.4. The summed E-state index contributed by atoms with van der Waals surface area (Å²) in [5, 5.41) is 21.6. The molecule has 0 heterocycles. The van der Waals surface area contributed by atoms with Gasteiger partial charge in [-0.05, 0) is 12.8 Å². The fourth-order valence-corrected chi connectivity index (χ4v) is 5.44. The van der Waals surface area contributed by atoms with Crippen molar-refractivity contribution in [2.45, 2.75) is 167 Å². The van der Waals surface area contributed by atoms with Crippen LogP contribution < -0.4 is 5.32 Å². The lowest BCUT2D eigenvalue weighted by molar-refractivity contribution is -0.147. The van der Waals surface area contributed by atoms with Gasteiger partial charge in [0.2, 0.25) is 5.91 Å². The molecule has 260 valence electrons. The molecule has 0 rings (SSSR count). The molecule has 0 spiro atoms. The molecule has 0 aliphatic carbocycles. The summed E-state index contributed by atoms with van der Waals surface area (Å²) in [5.41, 5.74) is 0. The Balaban J connectivity index is 4.00. The largest absolute Gasteiger partial charge is 0.480 e. The maximum absolute atomic E-state index is 12.1. The molecule has 0 aromatic heterocycles. The van der Waals surface area contributed by atoms with E-state index in [1.165, 1.54) is 77.0 Å². The van der Waals surface area contributed by atoms with Gasteiger partial charge in [-0.1, -0.05) is 129 Å². The van der Waals surface area contributed by atoms with Crippen LogP contribution >= 0.6 is 7.82 Å². The van der Waals surface area contributed by atoms with Gasteiger partial charge >= 0.3 is 19.8 Å². The summed E-state index contributed by atoms with van der Waals surface area (Å²) in [6, 6.07) is -1.54. The molecule has 44 heavy (non-hydrogen) atoms. The second-order valence-corrected chi connectivity index (χ2v) is 13.2. The molecule has 3 atom stereocenters. The quantitative estimate of drug-likeness (QED) is 0.0331. The van der Waals surface area contributed by atoms with Gasteiger partial charge in [0.1, 0.15) is 12.7 Å². The van der Waals surface area contributed by atoms with Gasteiger partial charge in [-0.25, -0.2) is 9.36 Å². The maximum atomic E-state index is 12.1. The van der Waals surface area contributed by atoms with E-state index in [2.05, 4.69) is 19.2 Å². The number of carboxylic acid groups (broad SMARTS) is 1. The number of carbonyl (C=O) groups is 3. The van der Waals surface area contributed by atoms with E-state index in [1.807, 2.05) is 0 Å². The predicted octanol–water partition coefficient (Wildman–Crippen LogP) is 7.22. The van der Waals surface area contributed by atoms with Crippen LogP contribution in [-0.4, -0.2) is 64.9 Å². The molecule has 0 aromatic carbocycles. The predicted molar refractivity (Wildman–Crippen MR) is 171 cm³/mol. The monoisotopic (exact) mass is 651 g/mol. The van der Waals surface area contributed by atoms with Gasteiger partial charge in [0.15, 0.2) is 6.04 Å². The molecule has 0 fully saturated rings. The minimum Gasteiger partial charge on any atom is -0.480 e. The van der Waals surface area contributed by atoms with E-state index in [0.29, 0.717) is 12.8 Å². The van der Waals surface area contributed by atoms with Crippen molar-refractivity contribution in [3.63, 3.8) is 0 Å². The number of unbranched alkanes of at least 4 members (excludes halogenated alkanes) is 18. The van der Waals surface area contributed by atoms with Gasteiger partial charge in [0, 0.05) is 12.8 Å². The number of phosphoric acid groups is 1. The fourth-order valence-electron chi connectivity index (χ4n) is 4.67. The number of rotatable bonds is 32. The number of esters is 1. The highest BCUT2D eigenvalue weighted by Crippen LogP contribution is 2.43. The number of aliphatic hydroxyl groups is 1. The van der Waals surface area contributed by atoms with Gasteiger partial charge in [-0.3, -0.25) is 18.6 Å². The average Bonchev–Trinajstić information content (AvgIpc) is 2.99. The molecular formula is C32H62NO10P. The molecule has 3 unspecified atom stereocenters. The van der Waals surface area contributed by atoms with Gasteiger partial charge in [0.05, 0.1) is 13.2 Å². The normalized spacial score (nSPS) is 14.1. The zero-order chi connectivity index (χ0) is 32.9. The number of hydrogen-bond donors (Lipinski definition) is 4. The number of aliphatic hydroxyl groups excluding tert-OH is 1. The van der Waals surface area contributed by atoms with Gasteiger partial charge in [0.25, 0.3) is 0 Å². The number of carboxylic acids is 1. The highest BCUT2D eigenvalue weighted by molar-refractivity contribution is 7.47. The smallest absolute Gasteiger partial charge is 0.472 e. The van der Waals surface area contributed by atoms with Crippen LogP contribution in [0.4, 0.5) is 0 Å². The average molecular weight is 652 g/mol. The van der Waals surface area contributed by atoms with Crippen molar-refractivity contribution >= 4 is 25.7 Å². The summed E-state index contributed by atoms with van der Waals surface area (Å²) in [6.45, 7) is 2.52. The first kappa shape index (κ1) is 42.5. The lowest BCUT2D eigenvalue weighted by atomic mass is 10.1. The number of amides is 1. The molecule has 11 nitrogen and oxygen atoms in total. The van der Waals surface area contributed by atoms with Crippen LogP contribution in [0, 0.1) is 0 Å². The molecule has 0 saturated heterocycles. The Bertz CT molecular complexity index is 782. The van der Waals surface area contributed by atoms with E-state index in [9.17, 15) is 34.1 Å². The molecule has 12 heteroatoms.